The molecule has 0 saturated carbocycles. The van der Waals surface area contributed by atoms with Crippen LogP contribution < -0.4 is 20.9 Å². The predicted molar refractivity (Wildman–Crippen MR) is 170 cm³/mol. The van der Waals surface area contributed by atoms with Crippen LogP contribution >= 0.6 is 27.3 Å². The molecule has 1 saturated heterocycles. The Morgan fingerprint density at radius 3 is 2.29 bits per heavy atom. The minimum atomic E-state index is -0.483. The lowest BCUT2D eigenvalue weighted by molar-refractivity contribution is 0.0516. The van der Waals surface area contributed by atoms with Gasteiger partial charge >= 0.3 is 12.1 Å². The molecule has 0 aliphatic carbocycles. The van der Waals surface area contributed by atoms with Gasteiger partial charge in [-0.1, -0.05) is 54.0 Å². The zero-order valence-electron chi connectivity index (χ0n) is 24.4. The lowest BCUT2D eigenvalue weighted by atomic mass is 9.82. The summed E-state index contributed by atoms with van der Waals surface area (Å²) in [6.07, 6.45) is 1.67. The number of aromatic nitrogens is 1. The molecule has 2 heterocycles. The highest BCUT2D eigenvalue weighted by Gasteiger charge is 2.26. The van der Waals surface area contributed by atoms with Crippen molar-refractivity contribution in [2.45, 2.75) is 65.0 Å². The van der Waals surface area contributed by atoms with Gasteiger partial charge in [-0.15, -0.1) is 11.3 Å². The summed E-state index contributed by atoms with van der Waals surface area (Å²) in [5, 5.41) is 11.3. The van der Waals surface area contributed by atoms with E-state index in [1.807, 2.05) is 50.4 Å². The first kappa shape index (κ1) is 30.8. The van der Waals surface area contributed by atoms with Crippen molar-refractivity contribution in [3.63, 3.8) is 0 Å². The summed E-state index contributed by atoms with van der Waals surface area (Å²) in [6, 6.07) is 16.3. The topological polar surface area (TPSA) is 95.6 Å². The van der Waals surface area contributed by atoms with Gasteiger partial charge in [-0.25, -0.2) is 14.6 Å². The van der Waals surface area contributed by atoms with Crippen LogP contribution in [0.4, 0.5) is 20.4 Å². The van der Waals surface area contributed by atoms with Crippen LogP contribution in [0.5, 0.6) is 0 Å². The third-order valence-corrected chi connectivity index (χ3v) is 8.52. The quantitative estimate of drug-likeness (QED) is 0.240. The molecule has 0 spiro atoms. The molecule has 2 aromatic carbocycles. The third-order valence-electron chi connectivity index (χ3n) is 7.23. The molecule has 3 amide bonds. The van der Waals surface area contributed by atoms with Gasteiger partial charge in [0.25, 0.3) is 0 Å². The maximum atomic E-state index is 12.6. The van der Waals surface area contributed by atoms with E-state index in [4.69, 9.17) is 4.74 Å². The molecule has 0 bridgehead atoms. The van der Waals surface area contributed by atoms with Crippen LogP contribution in [0.15, 0.2) is 58.4 Å². The summed E-state index contributed by atoms with van der Waals surface area (Å²) >= 11 is 4.91. The Kier molecular flexibility index (Phi) is 9.96. The van der Waals surface area contributed by atoms with Crippen molar-refractivity contribution in [1.29, 1.82) is 0 Å². The standard InChI is InChI=1S/C31H40BrN5O3S/c1-30(2,3)40-29(39)34-19-22-14-16-37(17-15-22)25-12-6-21(7-13-25)18-33-27(38)36-28-35-26(20-41-28)31(4,5)23-8-10-24(32)11-9-23/h6-13,20,22H,14-19H2,1-5H3,(H,34,39)(H2,33,35,36,38). The largest absolute Gasteiger partial charge is 0.444 e. The average Bonchev–Trinajstić information content (AvgIpc) is 3.40. The van der Waals surface area contributed by atoms with Crippen molar-refractivity contribution in [1.82, 2.24) is 15.6 Å². The zero-order valence-corrected chi connectivity index (χ0v) is 26.8. The molecule has 1 fully saturated rings. The Morgan fingerprint density at radius 1 is 1.00 bits per heavy atom. The molecule has 3 N–H and O–H groups in total. The van der Waals surface area contributed by atoms with Crippen LogP contribution in [-0.4, -0.2) is 42.3 Å². The summed E-state index contributed by atoms with van der Waals surface area (Å²) < 4.78 is 6.37. The van der Waals surface area contributed by atoms with E-state index in [-0.39, 0.29) is 17.5 Å². The Morgan fingerprint density at radius 2 is 1.66 bits per heavy atom. The molecular weight excluding hydrogens is 602 g/mol. The van der Waals surface area contributed by atoms with Crippen LogP contribution in [-0.2, 0) is 16.7 Å². The second-order valence-electron chi connectivity index (χ2n) is 12.0. The highest BCUT2D eigenvalue weighted by atomic mass is 79.9. The molecule has 4 rings (SSSR count). The SMILES string of the molecule is CC(C)(C)OC(=O)NCC1CCN(c2ccc(CNC(=O)Nc3nc(C(C)(C)c4ccc(Br)cc4)cs3)cc2)CC1. The first-order valence-electron chi connectivity index (χ1n) is 14.0. The first-order valence-corrected chi connectivity index (χ1v) is 15.6. The van der Waals surface area contributed by atoms with Crippen molar-refractivity contribution in [2.24, 2.45) is 5.92 Å². The summed E-state index contributed by atoms with van der Waals surface area (Å²) in [4.78, 5) is 31.5. The number of ether oxygens (including phenoxy) is 1. The molecular formula is C31H40BrN5O3S. The Hall–Kier alpha value is -3.11. The number of halogens is 1. The molecule has 3 aromatic rings. The number of piperidine rings is 1. The average molecular weight is 643 g/mol. The third kappa shape index (κ3) is 8.94. The highest BCUT2D eigenvalue weighted by Crippen LogP contribution is 2.34. The Balaban J connectivity index is 1.20. The van der Waals surface area contributed by atoms with Crippen molar-refractivity contribution >= 4 is 50.2 Å². The smallest absolute Gasteiger partial charge is 0.407 e. The summed E-state index contributed by atoms with van der Waals surface area (Å²) in [5.74, 6) is 0.446. The number of anilines is 2. The Labute approximate surface area is 255 Å². The number of amides is 3. The number of alkyl carbamates (subject to hydrolysis) is 1. The fourth-order valence-electron chi connectivity index (χ4n) is 4.72. The molecule has 1 aliphatic rings. The van der Waals surface area contributed by atoms with Crippen LogP contribution in [0.25, 0.3) is 0 Å². The number of benzene rings is 2. The minimum absolute atomic E-state index is 0.276. The van der Waals surface area contributed by atoms with E-state index in [2.05, 4.69) is 79.9 Å². The monoisotopic (exact) mass is 641 g/mol. The molecule has 41 heavy (non-hydrogen) atoms. The number of rotatable bonds is 8. The predicted octanol–water partition coefficient (Wildman–Crippen LogP) is 7.29. The summed E-state index contributed by atoms with van der Waals surface area (Å²) in [6.45, 7) is 12.8. The van der Waals surface area contributed by atoms with E-state index in [1.54, 1.807) is 0 Å². The van der Waals surface area contributed by atoms with Crippen molar-refractivity contribution in [2.75, 3.05) is 29.9 Å². The van der Waals surface area contributed by atoms with E-state index in [1.165, 1.54) is 17.0 Å². The van der Waals surface area contributed by atoms with E-state index in [9.17, 15) is 9.59 Å². The lowest BCUT2D eigenvalue weighted by Crippen LogP contribution is -2.40. The molecule has 1 aliphatic heterocycles. The Bertz CT molecular complexity index is 1310. The van der Waals surface area contributed by atoms with Gasteiger partial charge in [0.05, 0.1) is 5.69 Å². The van der Waals surface area contributed by atoms with Gasteiger partial charge in [0.1, 0.15) is 5.60 Å². The first-order chi connectivity index (χ1) is 19.4. The number of nitrogens with zero attached hydrogens (tertiary/aromatic N) is 2. The number of hydrogen-bond acceptors (Lipinski definition) is 6. The number of carbonyl (C=O) groups is 2. The lowest BCUT2D eigenvalue weighted by Gasteiger charge is -2.34. The van der Waals surface area contributed by atoms with Gasteiger partial charge in [-0.2, -0.15) is 0 Å². The molecule has 0 radical (unpaired) electrons. The molecule has 220 valence electrons. The van der Waals surface area contributed by atoms with E-state index < -0.39 is 5.60 Å². The minimum Gasteiger partial charge on any atom is -0.444 e. The summed E-state index contributed by atoms with van der Waals surface area (Å²) in [5.41, 5.74) is 3.51. The zero-order chi connectivity index (χ0) is 29.6. The van der Waals surface area contributed by atoms with Crippen LogP contribution in [0.1, 0.15) is 64.3 Å². The van der Waals surface area contributed by atoms with E-state index in [0.29, 0.717) is 24.1 Å². The number of carbonyl (C=O) groups excluding carboxylic acids is 2. The van der Waals surface area contributed by atoms with Gasteiger partial charge in [-0.3, -0.25) is 5.32 Å². The summed E-state index contributed by atoms with van der Waals surface area (Å²) in [7, 11) is 0. The van der Waals surface area contributed by atoms with Crippen LogP contribution in [0.3, 0.4) is 0 Å². The van der Waals surface area contributed by atoms with E-state index in [0.717, 1.165) is 47.2 Å². The van der Waals surface area contributed by atoms with Crippen molar-refractivity contribution in [3.8, 4) is 0 Å². The molecule has 0 atom stereocenters. The van der Waals surface area contributed by atoms with Gasteiger partial charge in [0.15, 0.2) is 5.13 Å². The number of nitrogens with one attached hydrogen (secondary N) is 3. The number of hydrogen-bond donors (Lipinski definition) is 3. The maximum Gasteiger partial charge on any atom is 0.407 e. The second-order valence-corrected chi connectivity index (χ2v) is 13.7. The molecule has 10 heteroatoms. The van der Waals surface area contributed by atoms with Crippen LogP contribution in [0, 0.1) is 5.92 Å². The van der Waals surface area contributed by atoms with Gasteiger partial charge in [0, 0.05) is 47.1 Å². The molecule has 1 aromatic heterocycles. The molecule has 8 nitrogen and oxygen atoms in total. The maximum absolute atomic E-state index is 12.6. The number of thiazole rings is 1. The van der Waals surface area contributed by atoms with Gasteiger partial charge in [0.2, 0.25) is 0 Å². The fourth-order valence-corrected chi connectivity index (χ4v) is 5.86. The van der Waals surface area contributed by atoms with Crippen molar-refractivity contribution in [3.05, 3.63) is 75.2 Å². The second kappa shape index (κ2) is 13.2. The van der Waals surface area contributed by atoms with Gasteiger partial charge in [-0.05, 0) is 74.9 Å². The van der Waals surface area contributed by atoms with Crippen LogP contribution in [0.2, 0.25) is 0 Å². The van der Waals surface area contributed by atoms with E-state index >= 15 is 0 Å². The fraction of sp³-hybridized carbons (Fsp3) is 0.452. The molecule has 0 unspecified atom stereocenters. The normalized spacial score (nSPS) is 14.4. The number of urea groups is 1. The van der Waals surface area contributed by atoms with Gasteiger partial charge < -0.3 is 20.3 Å². The van der Waals surface area contributed by atoms with Crippen molar-refractivity contribution < 1.29 is 14.3 Å². The highest BCUT2D eigenvalue weighted by molar-refractivity contribution is 9.10.